The Bertz CT molecular complexity index is 847. The summed E-state index contributed by atoms with van der Waals surface area (Å²) in [5, 5.41) is 0. The van der Waals surface area contributed by atoms with Crippen molar-refractivity contribution in [1.82, 2.24) is 4.72 Å². The molecule has 2 aromatic rings. The quantitative estimate of drug-likeness (QED) is 0.827. The molecule has 1 aromatic heterocycles. The molecule has 1 heterocycles. The van der Waals surface area contributed by atoms with Gasteiger partial charge >= 0.3 is 0 Å². The number of rotatable bonds is 6. The van der Waals surface area contributed by atoms with Gasteiger partial charge in [0.05, 0.1) is 4.34 Å². The second-order valence-corrected chi connectivity index (χ2v) is 9.13. The molecule has 0 radical (unpaired) electrons. The van der Waals surface area contributed by atoms with Gasteiger partial charge in [-0.15, -0.1) is 11.3 Å². The van der Waals surface area contributed by atoms with Crippen molar-refractivity contribution in [1.29, 1.82) is 0 Å². The Morgan fingerprint density at radius 2 is 1.96 bits per heavy atom. The minimum Gasteiger partial charge on any atom is -0.311 e. The van der Waals surface area contributed by atoms with Crippen molar-refractivity contribution in [3.8, 4) is 0 Å². The number of halogens is 1. The summed E-state index contributed by atoms with van der Waals surface area (Å²) in [5.41, 5.74) is 2.86. The maximum absolute atomic E-state index is 12.2. The molecule has 0 bridgehead atoms. The van der Waals surface area contributed by atoms with Gasteiger partial charge in [-0.3, -0.25) is 4.79 Å². The molecule has 5 nitrogen and oxygen atoms in total. The molecule has 0 fully saturated rings. The summed E-state index contributed by atoms with van der Waals surface area (Å²) in [4.78, 5) is 13.5. The van der Waals surface area contributed by atoms with E-state index in [2.05, 4.69) is 4.72 Å². The first-order chi connectivity index (χ1) is 11.2. The lowest BCUT2D eigenvalue weighted by Gasteiger charge is -2.23. The van der Waals surface area contributed by atoms with Gasteiger partial charge < -0.3 is 4.90 Å². The lowest BCUT2D eigenvalue weighted by Crippen LogP contribution is -2.37. The summed E-state index contributed by atoms with van der Waals surface area (Å²) in [6.45, 7) is 5.74. The van der Waals surface area contributed by atoms with Gasteiger partial charge in [-0.05, 0) is 37.6 Å². The fourth-order valence-electron chi connectivity index (χ4n) is 2.36. The molecule has 1 amide bonds. The van der Waals surface area contributed by atoms with E-state index in [1.807, 2.05) is 32.0 Å². The fourth-order valence-corrected chi connectivity index (χ4v) is 4.91. The molecule has 0 unspecified atom stereocenters. The van der Waals surface area contributed by atoms with Gasteiger partial charge in [0, 0.05) is 25.7 Å². The van der Waals surface area contributed by atoms with Crippen molar-refractivity contribution >= 4 is 44.6 Å². The zero-order valence-corrected chi connectivity index (χ0v) is 16.1. The number of benzene rings is 1. The molecule has 0 aliphatic heterocycles. The average molecular weight is 387 g/mol. The fraction of sp³-hybridized carbons (Fsp3) is 0.312. The van der Waals surface area contributed by atoms with Crippen LogP contribution in [0.2, 0.25) is 4.34 Å². The molecule has 0 saturated heterocycles. The average Bonchev–Trinajstić information content (AvgIpc) is 2.92. The van der Waals surface area contributed by atoms with Crippen LogP contribution in [0.5, 0.6) is 0 Å². The van der Waals surface area contributed by atoms with Crippen molar-refractivity contribution in [2.45, 2.75) is 25.0 Å². The monoisotopic (exact) mass is 386 g/mol. The summed E-state index contributed by atoms with van der Waals surface area (Å²) in [5.74, 6) is -0.139. The summed E-state index contributed by atoms with van der Waals surface area (Å²) in [7, 11) is -3.61. The Hall–Kier alpha value is -1.41. The van der Waals surface area contributed by atoms with Crippen LogP contribution in [0.15, 0.2) is 34.5 Å². The van der Waals surface area contributed by atoms with Gasteiger partial charge in [-0.2, -0.15) is 0 Å². The standard InChI is InChI=1S/C16H19ClN2O3S2/c1-11-4-5-14(12(2)10-11)19(13(3)20)9-8-18-24(21,22)16-7-6-15(17)23-16/h4-7,10,18H,8-9H2,1-3H3. The van der Waals surface area contributed by atoms with E-state index in [9.17, 15) is 13.2 Å². The molecule has 0 saturated carbocycles. The molecule has 0 spiro atoms. The van der Waals surface area contributed by atoms with Crippen molar-refractivity contribution < 1.29 is 13.2 Å². The van der Waals surface area contributed by atoms with Gasteiger partial charge in [0.15, 0.2) is 0 Å². The Morgan fingerprint density at radius 3 is 2.50 bits per heavy atom. The summed E-state index contributed by atoms with van der Waals surface area (Å²) in [6.07, 6.45) is 0. The van der Waals surface area contributed by atoms with Gasteiger partial charge in [0.1, 0.15) is 4.21 Å². The third kappa shape index (κ3) is 4.57. The van der Waals surface area contributed by atoms with E-state index < -0.39 is 10.0 Å². The molecule has 1 aromatic carbocycles. The van der Waals surface area contributed by atoms with Gasteiger partial charge in [0.2, 0.25) is 15.9 Å². The normalized spacial score (nSPS) is 11.5. The number of hydrogen-bond donors (Lipinski definition) is 1. The predicted molar refractivity (Wildman–Crippen MR) is 98.5 cm³/mol. The first-order valence-electron chi connectivity index (χ1n) is 7.31. The van der Waals surface area contributed by atoms with Crippen LogP contribution in [-0.4, -0.2) is 27.4 Å². The van der Waals surface area contributed by atoms with Crippen LogP contribution in [0.4, 0.5) is 5.69 Å². The van der Waals surface area contributed by atoms with Crippen LogP contribution in [0.25, 0.3) is 0 Å². The van der Waals surface area contributed by atoms with Crippen LogP contribution in [0.1, 0.15) is 18.1 Å². The van der Waals surface area contributed by atoms with Gasteiger partial charge in [-0.25, -0.2) is 13.1 Å². The molecule has 2 rings (SSSR count). The lowest BCUT2D eigenvalue weighted by atomic mass is 10.1. The Morgan fingerprint density at radius 1 is 1.25 bits per heavy atom. The number of carbonyl (C=O) groups is 1. The number of thiophene rings is 1. The third-order valence-corrected chi connectivity index (χ3v) is 6.65. The number of nitrogens with one attached hydrogen (secondary N) is 1. The second kappa shape index (κ2) is 7.65. The van der Waals surface area contributed by atoms with E-state index >= 15 is 0 Å². The van der Waals surface area contributed by atoms with Crippen molar-refractivity contribution in [2.75, 3.05) is 18.0 Å². The van der Waals surface area contributed by atoms with E-state index in [-0.39, 0.29) is 23.2 Å². The topological polar surface area (TPSA) is 66.5 Å². The summed E-state index contributed by atoms with van der Waals surface area (Å²) >= 11 is 6.77. The predicted octanol–water partition coefficient (Wildman–Crippen LogP) is 3.35. The second-order valence-electron chi connectivity index (χ2n) is 5.42. The van der Waals surface area contributed by atoms with Crippen LogP contribution in [0, 0.1) is 13.8 Å². The van der Waals surface area contributed by atoms with E-state index in [1.165, 1.54) is 13.0 Å². The maximum atomic E-state index is 12.2. The molecular weight excluding hydrogens is 368 g/mol. The Labute approximate surface area is 151 Å². The minimum absolute atomic E-state index is 0.116. The SMILES string of the molecule is CC(=O)N(CCNS(=O)(=O)c1ccc(Cl)s1)c1ccc(C)cc1C. The summed E-state index contributed by atoms with van der Waals surface area (Å²) < 4.78 is 27.4. The first-order valence-corrected chi connectivity index (χ1v) is 9.99. The van der Waals surface area contributed by atoms with Crippen LogP contribution < -0.4 is 9.62 Å². The molecule has 1 N–H and O–H groups in total. The molecule has 24 heavy (non-hydrogen) atoms. The Kier molecular flexibility index (Phi) is 6.03. The highest BCUT2D eigenvalue weighted by molar-refractivity contribution is 7.91. The number of anilines is 1. The maximum Gasteiger partial charge on any atom is 0.250 e. The number of hydrogen-bond acceptors (Lipinski definition) is 4. The number of amides is 1. The van der Waals surface area contributed by atoms with Crippen LogP contribution in [0.3, 0.4) is 0 Å². The number of sulfonamides is 1. The first kappa shape index (κ1) is 18.9. The molecular formula is C16H19ClN2O3S2. The molecule has 0 atom stereocenters. The zero-order chi connectivity index (χ0) is 17.9. The smallest absolute Gasteiger partial charge is 0.250 e. The zero-order valence-electron chi connectivity index (χ0n) is 13.7. The molecule has 130 valence electrons. The van der Waals surface area contributed by atoms with E-state index in [0.717, 1.165) is 28.2 Å². The van der Waals surface area contributed by atoms with E-state index in [4.69, 9.17) is 11.6 Å². The lowest BCUT2D eigenvalue weighted by molar-refractivity contribution is -0.116. The van der Waals surface area contributed by atoms with Crippen LogP contribution in [-0.2, 0) is 14.8 Å². The largest absolute Gasteiger partial charge is 0.311 e. The van der Waals surface area contributed by atoms with Crippen molar-refractivity contribution in [2.24, 2.45) is 0 Å². The molecule has 8 heteroatoms. The number of carbonyl (C=O) groups excluding carboxylic acids is 1. The molecule has 0 aliphatic rings. The van der Waals surface area contributed by atoms with Gasteiger partial charge in [0.25, 0.3) is 0 Å². The van der Waals surface area contributed by atoms with Crippen molar-refractivity contribution in [3.05, 3.63) is 45.8 Å². The van der Waals surface area contributed by atoms with E-state index in [0.29, 0.717) is 4.34 Å². The van der Waals surface area contributed by atoms with Gasteiger partial charge in [-0.1, -0.05) is 29.3 Å². The highest BCUT2D eigenvalue weighted by Gasteiger charge is 2.18. The van der Waals surface area contributed by atoms with Crippen LogP contribution >= 0.6 is 22.9 Å². The highest BCUT2D eigenvalue weighted by atomic mass is 35.5. The highest BCUT2D eigenvalue weighted by Crippen LogP contribution is 2.25. The molecule has 0 aliphatic carbocycles. The Balaban J connectivity index is 2.08. The van der Waals surface area contributed by atoms with Crippen molar-refractivity contribution in [3.63, 3.8) is 0 Å². The number of nitrogens with zero attached hydrogens (tertiary/aromatic N) is 1. The minimum atomic E-state index is -3.61. The number of aryl methyl sites for hydroxylation is 2. The van der Waals surface area contributed by atoms with E-state index in [1.54, 1.807) is 11.0 Å². The summed E-state index contributed by atoms with van der Waals surface area (Å²) in [6, 6.07) is 8.79. The third-order valence-electron chi connectivity index (χ3n) is 3.46.